The number of hydrogen-bond donors (Lipinski definition) is 4. The van der Waals surface area contributed by atoms with E-state index in [9.17, 15) is 18.0 Å². The normalized spacial score (nSPS) is 11.8. The van der Waals surface area contributed by atoms with Crippen molar-refractivity contribution < 1.29 is 22.7 Å². The molecule has 1 atom stereocenters. The van der Waals surface area contributed by atoms with Crippen LogP contribution in [0.15, 0.2) is 83.8 Å². The fourth-order valence-electron chi connectivity index (χ4n) is 3.07. The van der Waals surface area contributed by atoms with Crippen LogP contribution in [0.4, 0.5) is 16.2 Å². The third-order valence-electron chi connectivity index (χ3n) is 4.67. The summed E-state index contributed by atoms with van der Waals surface area (Å²) in [5.41, 5.74) is 6.66. The number of hydrogen-bond acceptors (Lipinski definition) is 5. The molecule has 172 valence electrons. The molecule has 3 aromatic carbocycles. The predicted molar refractivity (Wildman–Crippen MR) is 126 cm³/mol. The molecule has 9 nitrogen and oxygen atoms in total. The number of sulfonamides is 1. The van der Waals surface area contributed by atoms with Crippen LogP contribution in [0, 0.1) is 0 Å². The Kier molecular flexibility index (Phi) is 7.52. The van der Waals surface area contributed by atoms with Crippen molar-refractivity contribution in [3.63, 3.8) is 0 Å². The van der Waals surface area contributed by atoms with Crippen LogP contribution in [0.1, 0.15) is 5.56 Å². The van der Waals surface area contributed by atoms with Crippen molar-refractivity contribution in [1.82, 2.24) is 5.32 Å². The third-order valence-corrected chi connectivity index (χ3v) is 6.05. The van der Waals surface area contributed by atoms with Crippen molar-refractivity contribution >= 4 is 33.3 Å². The molecular formula is C23H24N4O5S. The van der Waals surface area contributed by atoms with Crippen LogP contribution < -0.4 is 25.8 Å². The number of anilines is 2. The van der Waals surface area contributed by atoms with Crippen LogP contribution in [0.2, 0.25) is 0 Å². The number of rotatable bonds is 9. The maximum atomic E-state index is 12.8. The van der Waals surface area contributed by atoms with Gasteiger partial charge < -0.3 is 21.1 Å². The van der Waals surface area contributed by atoms with E-state index in [1.54, 1.807) is 30.3 Å². The molecular weight excluding hydrogens is 444 g/mol. The SMILES string of the molecule is COc1ccc(NS(=O)(=O)c2cccc(NC(=O)[C@H](Cc3ccccc3)NC(N)=O)c2)cc1. The van der Waals surface area contributed by atoms with Gasteiger partial charge in [0.05, 0.1) is 12.0 Å². The molecule has 0 aliphatic carbocycles. The lowest BCUT2D eigenvalue weighted by Gasteiger charge is -2.18. The molecule has 0 radical (unpaired) electrons. The maximum Gasteiger partial charge on any atom is 0.312 e. The first-order valence-electron chi connectivity index (χ1n) is 9.94. The Labute approximate surface area is 192 Å². The van der Waals surface area contributed by atoms with E-state index < -0.39 is 28.0 Å². The standard InChI is InChI=1S/C23H24N4O5S/c1-32-19-12-10-17(11-13-19)27-33(30,31)20-9-5-8-18(15-20)25-22(28)21(26-23(24)29)14-16-6-3-2-4-7-16/h2-13,15,21,27H,14H2,1H3,(H,25,28)(H3,24,26,29)/t21-/m0/s1. The van der Waals surface area contributed by atoms with Gasteiger partial charge in [-0.05, 0) is 48.0 Å². The zero-order chi connectivity index (χ0) is 23.8. The topological polar surface area (TPSA) is 140 Å². The summed E-state index contributed by atoms with van der Waals surface area (Å²) in [5, 5.41) is 5.06. The van der Waals surface area contributed by atoms with Gasteiger partial charge in [-0.25, -0.2) is 13.2 Å². The Morgan fingerprint density at radius 1 is 0.939 bits per heavy atom. The third kappa shape index (κ3) is 6.71. The van der Waals surface area contributed by atoms with E-state index >= 15 is 0 Å². The average Bonchev–Trinajstić information content (AvgIpc) is 2.79. The average molecular weight is 469 g/mol. The van der Waals surface area contributed by atoms with Gasteiger partial charge in [-0.3, -0.25) is 9.52 Å². The van der Waals surface area contributed by atoms with Gasteiger partial charge >= 0.3 is 6.03 Å². The summed E-state index contributed by atoms with van der Waals surface area (Å²) in [6, 6.07) is 19.5. The minimum absolute atomic E-state index is 0.0430. The lowest BCUT2D eigenvalue weighted by Crippen LogP contribution is -2.47. The molecule has 5 N–H and O–H groups in total. The molecule has 0 bridgehead atoms. The molecule has 0 unspecified atom stereocenters. The minimum atomic E-state index is -3.91. The van der Waals surface area contributed by atoms with Gasteiger partial charge in [-0.15, -0.1) is 0 Å². The highest BCUT2D eigenvalue weighted by Crippen LogP contribution is 2.21. The molecule has 0 saturated heterocycles. The first-order chi connectivity index (χ1) is 15.8. The number of methoxy groups -OCH3 is 1. The van der Waals surface area contributed by atoms with E-state index in [-0.39, 0.29) is 17.0 Å². The smallest absolute Gasteiger partial charge is 0.312 e. The van der Waals surface area contributed by atoms with Gasteiger partial charge in [0.2, 0.25) is 5.91 Å². The summed E-state index contributed by atoms with van der Waals surface area (Å²) in [4.78, 5) is 24.2. The van der Waals surface area contributed by atoms with Gasteiger partial charge in [0.25, 0.3) is 10.0 Å². The molecule has 0 aliphatic rings. The van der Waals surface area contributed by atoms with Crippen LogP contribution in [0.3, 0.4) is 0 Å². The minimum Gasteiger partial charge on any atom is -0.497 e. The van der Waals surface area contributed by atoms with Crippen molar-refractivity contribution in [2.75, 3.05) is 17.1 Å². The predicted octanol–water partition coefficient (Wildman–Crippen LogP) is 2.71. The summed E-state index contributed by atoms with van der Waals surface area (Å²) >= 11 is 0. The number of urea groups is 1. The van der Waals surface area contributed by atoms with E-state index in [2.05, 4.69) is 15.4 Å². The van der Waals surface area contributed by atoms with Gasteiger partial charge in [0.15, 0.2) is 0 Å². The Morgan fingerprint density at radius 3 is 2.27 bits per heavy atom. The molecule has 0 spiro atoms. The molecule has 0 heterocycles. The highest BCUT2D eigenvalue weighted by atomic mass is 32.2. The molecule has 3 amide bonds. The Hall–Kier alpha value is -4.05. The second kappa shape index (κ2) is 10.5. The largest absolute Gasteiger partial charge is 0.497 e. The number of nitrogens with one attached hydrogen (secondary N) is 3. The number of carbonyl (C=O) groups is 2. The van der Waals surface area contributed by atoms with Gasteiger partial charge in [-0.1, -0.05) is 36.4 Å². The van der Waals surface area contributed by atoms with Crippen LogP contribution in [0.25, 0.3) is 0 Å². The number of nitrogens with two attached hydrogens (primary N) is 1. The van der Waals surface area contributed by atoms with Crippen molar-refractivity contribution in [2.24, 2.45) is 5.73 Å². The molecule has 0 aromatic heterocycles. The summed E-state index contributed by atoms with van der Waals surface area (Å²) in [6.07, 6.45) is 0.215. The first-order valence-corrected chi connectivity index (χ1v) is 11.4. The van der Waals surface area contributed by atoms with Crippen LogP contribution in [-0.4, -0.2) is 33.5 Å². The zero-order valence-corrected chi connectivity index (χ0v) is 18.6. The monoisotopic (exact) mass is 468 g/mol. The van der Waals surface area contributed by atoms with E-state index in [1.165, 1.54) is 25.3 Å². The fraction of sp³-hybridized carbons (Fsp3) is 0.130. The van der Waals surface area contributed by atoms with E-state index in [0.29, 0.717) is 11.4 Å². The van der Waals surface area contributed by atoms with Crippen LogP contribution in [0.5, 0.6) is 5.75 Å². The first kappa shape index (κ1) is 23.6. The van der Waals surface area contributed by atoms with Crippen molar-refractivity contribution in [2.45, 2.75) is 17.4 Å². The second-order valence-electron chi connectivity index (χ2n) is 7.10. The van der Waals surface area contributed by atoms with Gasteiger partial charge in [-0.2, -0.15) is 0 Å². The molecule has 3 rings (SSSR count). The van der Waals surface area contributed by atoms with E-state index in [1.807, 2.05) is 30.3 Å². The maximum absolute atomic E-state index is 12.8. The van der Waals surface area contributed by atoms with E-state index in [4.69, 9.17) is 10.5 Å². The Balaban J connectivity index is 1.75. The lowest BCUT2D eigenvalue weighted by molar-refractivity contribution is -0.117. The molecule has 10 heteroatoms. The fourth-order valence-corrected chi connectivity index (χ4v) is 4.18. The number of primary amides is 1. The highest BCUT2D eigenvalue weighted by Gasteiger charge is 2.21. The number of carbonyl (C=O) groups excluding carboxylic acids is 2. The lowest BCUT2D eigenvalue weighted by atomic mass is 10.1. The van der Waals surface area contributed by atoms with Gasteiger partial charge in [0.1, 0.15) is 11.8 Å². The molecule has 0 aliphatic heterocycles. The van der Waals surface area contributed by atoms with Crippen molar-refractivity contribution in [1.29, 1.82) is 0 Å². The Morgan fingerprint density at radius 2 is 1.64 bits per heavy atom. The van der Waals surface area contributed by atoms with Crippen LogP contribution >= 0.6 is 0 Å². The summed E-state index contributed by atoms with van der Waals surface area (Å²) in [6.45, 7) is 0. The second-order valence-corrected chi connectivity index (χ2v) is 8.78. The van der Waals surface area contributed by atoms with E-state index in [0.717, 1.165) is 5.56 Å². The highest BCUT2D eigenvalue weighted by molar-refractivity contribution is 7.92. The van der Waals surface area contributed by atoms with Crippen molar-refractivity contribution in [3.8, 4) is 5.75 Å². The number of benzene rings is 3. The van der Waals surface area contributed by atoms with Crippen molar-refractivity contribution in [3.05, 3.63) is 84.4 Å². The summed E-state index contributed by atoms with van der Waals surface area (Å²) < 4.78 is 33.1. The molecule has 3 aromatic rings. The summed E-state index contributed by atoms with van der Waals surface area (Å²) in [5.74, 6) is 0.0626. The molecule has 0 fully saturated rings. The molecule has 0 saturated carbocycles. The zero-order valence-electron chi connectivity index (χ0n) is 17.8. The molecule has 33 heavy (non-hydrogen) atoms. The Bertz CT molecular complexity index is 1220. The number of amides is 3. The van der Waals surface area contributed by atoms with Crippen LogP contribution in [-0.2, 0) is 21.2 Å². The number of ether oxygens (including phenoxy) is 1. The quantitative estimate of drug-likeness (QED) is 0.382. The van der Waals surface area contributed by atoms with Gasteiger partial charge in [0, 0.05) is 17.8 Å². The summed E-state index contributed by atoms with van der Waals surface area (Å²) in [7, 11) is -2.39.